The van der Waals surface area contributed by atoms with Crippen LogP contribution in [0.3, 0.4) is 0 Å². The molecule has 0 aliphatic carbocycles. The van der Waals surface area contributed by atoms with E-state index in [2.05, 4.69) is 10.6 Å². The van der Waals surface area contributed by atoms with Gasteiger partial charge in [0.05, 0.1) is 18.7 Å². The van der Waals surface area contributed by atoms with E-state index in [0.717, 1.165) is 11.3 Å². The van der Waals surface area contributed by atoms with E-state index in [4.69, 9.17) is 27.9 Å². The van der Waals surface area contributed by atoms with Crippen molar-refractivity contribution in [3.8, 4) is 5.75 Å². The van der Waals surface area contributed by atoms with Crippen molar-refractivity contribution in [2.45, 2.75) is 25.4 Å². The number of halogens is 2. The molecular weight excluding hydrogens is 431 g/mol. The highest BCUT2D eigenvalue weighted by molar-refractivity contribution is 7.98. The highest BCUT2D eigenvalue weighted by Crippen LogP contribution is 2.26. The first-order valence-corrected chi connectivity index (χ1v) is 11.2. The molecular formula is C21H24Cl2N2O3S. The third-order valence-electron chi connectivity index (χ3n) is 4.37. The van der Waals surface area contributed by atoms with E-state index in [-0.39, 0.29) is 17.9 Å². The smallest absolute Gasteiger partial charge is 0.255 e. The standard InChI is InChI=1S/C21H24Cl2N2O3S/c1-13(15-9-8-14(22)12-17(15)23)24-21(27)18(10-11-29-3)25-20(26)16-6-4-5-7-19(16)28-2/h4-9,12-13,18H,10-11H2,1-3H3,(H,24,27)(H,25,26). The van der Waals surface area contributed by atoms with Gasteiger partial charge in [-0.05, 0) is 55.2 Å². The van der Waals surface area contributed by atoms with Gasteiger partial charge in [0.2, 0.25) is 5.91 Å². The summed E-state index contributed by atoms with van der Waals surface area (Å²) in [6.45, 7) is 1.83. The average molecular weight is 455 g/mol. The maximum absolute atomic E-state index is 12.9. The molecule has 2 rings (SSSR count). The minimum absolute atomic E-state index is 0.277. The van der Waals surface area contributed by atoms with Crippen LogP contribution < -0.4 is 15.4 Å². The lowest BCUT2D eigenvalue weighted by atomic mass is 10.1. The Hall–Kier alpha value is -1.89. The molecule has 0 saturated heterocycles. The second-order valence-electron chi connectivity index (χ2n) is 6.40. The summed E-state index contributed by atoms with van der Waals surface area (Å²) < 4.78 is 5.24. The topological polar surface area (TPSA) is 67.4 Å². The first-order valence-electron chi connectivity index (χ1n) is 9.05. The predicted molar refractivity (Wildman–Crippen MR) is 120 cm³/mol. The Bertz CT molecular complexity index is 864. The number of hydrogen-bond donors (Lipinski definition) is 2. The van der Waals surface area contributed by atoms with Gasteiger partial charge in [0, 0.05) is 10.0 Å². The van der Waals surface area contributed by atoms with E-state index in [0.29, 0.717) is 27.8 Å². The van der Waals surface area contributed by atoms with Crippen LogP contribution in [-0.4, -0.2) is 37.0 Å². The lowest BCUT2D eigenvalue weighted by Gasteiger charge is -2.22. The zero-order valence-corrected chi connectivity index (χ0v) is 18.8. The maximum atomic E-state index is 12.9. The van der Waals surface area contributed by atoms with Crippen molar-refractivity contribution in [1.29, 1.82) is 0 Å². The van der Waals surface area contributed by atoms with E-state index in [1.54, 1.807) is 54.2 Å². The molecule has 156 valence electrons. The summed E-state index contributed by atoms with van der Waals surface area (Å²) in [5, 5.41) is 6.76. The normalized spacial score (nSPS) is 12.7. The summed E-state index contributed by atoms with van der Waals surface area (Å²) in [5.74, 6) is 0.539. The van der Waals surface area contributed by atoms with Crippen LogP contribution in [0, 0.1) is 0 Å². The Morgan fingerprint density at radius 3 is 2.52 bits per heavy atom. The summed E-state index contributed by atoms with van der Waals surface area (Å²) in [6.07, 6.45) is 2.45. The molecule has 0 aliphatic heterocycles. The van der Waals surface area contributed by atoms with Crippen LogP contribution >= 0.6 is 35.0 Å². The number of para-hydroxylation sites is 1. The SMILES string of the molecule is COc1ccccc1C(=O)NC(CCSC)C(=O)NC(C)c1ccc(Cl)cc1Cl. The molecule has 2 unspecified atom stereocenters. The quantitative estimate of drug-likeness (QED) is 0.574. The van der Waals surface area contributed by atoms with Crippen molar-refractivity contribution in [1.82, 2.24) is 10.6 Å². The zero-order valence-electron chi connectivity index (χ0n) is 16.5. The number of benzene rings is 2. The molecule has 2 amide bonds. The van der Waals surface area contributed by atoms with E-state index in [1.807, 2.05) is 13.2 Å². The van der Waals surface area contributed by atoms with Gasteiger partial charge in [-0.2, -0.15) is 11.8 Å². The van der Waals surface area contributed by atoms with Gasteiger partial charge in [-0.3, -0.25) is 9.59 Å². The van der Waals surface area contributed by atoms with Gasteiger partial charge in [-0.25, -0.2) is 0 Å². The molecule has 0 saturated carbocycles. The van der Waals surface area contributed by atoms with Crippen molar-refractivity contribution >= 4 is 46.8 Å². The average Bonchev–Trinajstić information content (AvgIpc) is 2.70. The largest absolute Gasteiger partial charge is 0.496 e. The Balaban J connectivity index is 2.13. The van der Waals surface area contributed by atoms with Crippen LogP contribution in [0.15, 0.2) is 42.5 Å². The Labute approximate surface area is 185 Å². The number of rotatable bonds is 9. The van der Waals surface area contributed by atoms with Crippen LogP contribution in [-0.2, 0) is 4.79 Å². The molecule has 0 fully saturated rings. The molecule has 0 spiro atoms. The first-order chi connectivity index (χ1) is 13.9. The summed E-state index contributed by atoms with van der Waals surface area (Å²) in [6, 6.07) is 11.0. The fourth-order valence-corrected chi connectivity index (χ4v) is 3.86. The summed E-state index contributed by atoms with van der Waals surface area (Å²) in [5.41, 5.74) is 1.13. The highest BCUT2D eigenvalue weighted by Gasteiger charge is 2.24. The molecule has 2 aromatic rings. The summed E-state index contributed by atoms with van der Waals surface area (Å²) in [4.78, 5) is 25.6. The van der Waals surface area contributed by atoms with Crippen molar-refractivity contribution in [3.63, 3.8) is 0 Å². The number of amides is 2. The third kappa shape index (κ3) is 6.56. The lowest BCUT2D eigenvalue weighted by molar-refractivity contribution is -0.123. The van der Waals surface area contributed by atoms with Gasteiger partial charge in [-0.1, -0.05) is 41.4 Å². The first kappa shape index (κ1) is 23.4. The highest BCUT2D eigenvalue weighted by atomic mass is 35.5. The van der Waals surface area contributed by atoms with E-state index >= 15 is 0 Å². The minimum Gasteiger partial charge on any atom is -0.496 e. The van der Waals surface area contributed by atoms with Gasteiger partial charge in [-0.15, -0.1) is 0 Å². The number of thioether (sulfide) groups is 1. The molecule has 2 atom stereocenters. The lowest BCUT2D eigenvalue weighted by Crippen LogP contribution is -2.47. The van der Waals surface area contributed by atoms with Crippen LogP contribution in [0.1, 0.15) is 35.3 Å². The van der Waals surface area contributed by atoms with E-state index < -0.39 is 6.04 Å². The number of methoxy groups -OCH3 is 1. The molecule has 29 heavy (non-hydrogen) atoms. The number of hydrogen-bond acceptors (Lipinski definition) is 4. The molecule has 0 radical (unpaired) electrons. The van der Waals surface area contributed by atoms with Crippen LogP contribution in [0.5, 0.6) is 5.75 Å². The second kappa shape index (κ2) is 11.3. The second-order valence-corrected chi connectivity index (χ2v) is 8.23. The van der Waals surface area contributed by atoms with Crippen molar-refractivity contribution < 1.29 is 14.3 Å². The number of nitrogens with one attached hydrogen (secondary N) is 2. The van der Waals surface area contributed by atoms with Gasteiger partial charge in [0.25, 0.3) is 5.91 Å². The van der Waals surface area contributed by atoms with Crippen molar-refractivity contribution in [2.24, 2.45) is 0 Å². The van der Waals surface area contributed by atoms with Crippen molar-refractivity contribution in [3.05, 3.63) is 63.6 Å². The molecule has 0 bridgehead atoms. The Morgan fingerprint density at radius 1 is 1.14 bits per heavy atom. The molecule has 2 N–H and O–H groups in total. The summed E-state index contributed by atoms with van der Waals surface area (Å²) >= 11 is 13.8. The monoisotopic (exact) mass is 454 g/mol. The van der Waals surface area contributed by atoms with Gasteiger partial charge in [0.15, 0.2) is 0 Å². The van der Waals surface area contributed by atoms with E-state index in [9.17, 15) is 9.59 Å². The molecule has 8 heteroatoms. The Morgan fingerprint density at radius 2 is 1.86 bits per heavy atom. The fourth-order valence-electron chi connectivity index (χ4n) is 2.82. The maximum Gasteiger partial charge on any atom is 0.255 e. The van der Waals surface area contributed by atoms with Crippen LogP contribution in [0.2, 0.25) is 10.0 Å². The minimum atomic E-state index is -0.687. The van der Waals surface area contributed by atoms with Crippen molar-refractivity contribution in [2.75, 3.05) is 19.1 Å². The molecule has 0 aliphatic rings. The molecule has 5 nitrogen and oxygen atoms in total. The molecule has 2 aromatic carbocycles. The van der Waals surface area contributed by atoms with Gasteiger partial charge in [0.1, 0.15) is 11.8 Å². The third-order valence-corrected chi connectivity index (χ3v) is 5.58. The zero-order chi connectivity index (χ0) is 21.4. The number of carbonyl (C=O) groups is 2. The van der Waals surface area contributed by atoms with Gasteiger partial charge >= 0.3 is 0 Å². The van der Waals surface area contributed by atoms with Crippen LogP contribution in [0.25, 0.3) is 0 Å². The van der Waals surface area contributed by atoms with Gasteiger partial charge < -0.3 is 15.4 Å². The fraction of sp³-hybridized carbons (Fsp3) is 0.333. The predicted octanol–water partition coefficient (Wildman–Crippen LogP) is 4.73. The summed E-state index contributed by atoms with van der Waals surface area (Å²) in [7, 11) is 1.50. The number of carbonyl (C=O) groups excluding carboxylic acids is 2. The molecule has 0 heterocycles. The van der Waals surface area contributed by atoms with E-state index in [1.165, 1.54) is 7.11 Å². The number of ether oxygens (including phenoxy) is 1. The Kier molecular flexibility index (Phi) is 9.14. The molecule has 0 aromatic heterocycles. The van der Waals surface area contributed by atoms with Crippen LogP contribution in [0.4, 0.5) is 0 Å².